The van der Waals surface area contributed by atoms with E-state index in [0.29, 0.717) is 16.7 Å². The number of hydrogen-bond acceptors (Lipinski definition) is 4. The van der Waals surface area contributed by atoms with Crippen molar-refractivity contribution in [3.63, 3.8) is 0 Å². The zero-order valence-electron chi connectivity index (χ0n) is 11.0. The van der Waals surface area contributed by atoms with Crippen LogP contribution in [-0.2, 0) is 16.1 Å². The van der Waals surface area contributed by atoms with E-state index >= 15 is 0 Å². The molecule has 2 aromatic rings. The Bertz CT molecular complexity index is 799. The third-order valence-corrected chi connectivity index (χ3v) is 3.56. The van der Waals surface area contributed by atoms with Crippen LogP contribution in [0.2, 0.25) is 0 Å². The highest BCUT2D eigenvalue weighted by atomic mass is 16.5. The fourth-order valence-electron chi connectivity index (χ4n) is 2.29. The molecule has 0 aliphatic heterocycles. The van der Waals surface area contributed by atoms with Gasteiger partial charge in [0.2, 0.25) is 0 Å². The lowest BCUT2D eigenvalue weighted by Crippen LogP contribution is -2.32. The number of carbonyl (C=O) groups is 1. The van der Waals surface area contributed by atoms with E-state index in [9.17, 15) is 14.4 Å². The molecule has 1 aromatic heterocycles. The number of carbonyl (C=O) groups excluding carboxylic acids is 1. The summed E-state index contributed by atoms with van der Waals surface area (Å²) >= 11 is 0. The van der Waals surface area contributed by atoms with Crippen molar-refractivity contribution in [1.29, 1.82) is 0 Å². The van der Waals surface area contributed by atoms with Crippen LogP contribution in [0.25, 0.3) is 10.8 Å². The summed E-state index contributed by atoms with van der Waals surface area (Å²) in [5, 5.41) is 3.11. The maximum atomic E-state index is 12.2. The summed E-state index contributed by atoms with van der Waals surface area (Å²) in [7, 11) is 1.23. The van der Waals surface area contributed by atoms with E-state index in [1.165, 1.54) is 7.11 Å². The van der Waals surface area contributed by atoms with Crippen molar-refractivity contribution in [3.8, 4) is 0 Å². The second-order valence-electron chi connectivity index (χ2n) is 4.99. The first-order chi connectivity index (χ1) is 9.60. The normalized spacial score (nSPS) is 14.4. The number of H-pyrrole nitrogens is 1. The SMILES string of the molecule is COC(=O)Cn1[nH]c(=O)c2cc(C3CC3)ccc2c1=O. The molecule has 6 nitrogen and oxygen atoms in total. The van der Waals surface area contributed by atoms with Gasteiger partial charge in [-0.05, 0) is 36.5 Å². The highest BCUT2D eigenvalue weighted by Gasteiger charge is 2.24. The molecule has 0 spiro atoms. The molecule has 1 aliphatic carbocycles. The zero-order valence-corrected chi connectivity index (χ0v) is 11.0. The minimum absolute atomic E-state index is 0.301. The minimum atomic E-state index is -0.586. The number of esters is 1. The summed E-state index contributed by atoms with van der Waals surface area (Å²) in [5.41, 5.74) is 0.325. The van der Waals surface area contributed by atoms with Crippen molar-refractivity contribution in [2.75, 3.05) is 7.11 Å². The number of nitrogens with one attached hydrogen (secondary N) is 1. The minimum Gasteiger partial charge on any atom is -0.468 e. The molecule has 0 radical (unpaired) electrons. The van der Waals surface area contributed by atoms with E-state index in [4.69, 9.17) is 0 Å². The van der Waals surface area contributed by atoms with Gasteiger partial charge < -0.3 is 4.74 Å². The Balaban J connectivity index is 2.15. The molecule has 1 saturated carbocycles. The lowest BCUT2D eigenvalue weighted by molar-refractivity contribution is -0.141. The summed E-state index contributed by atoms with van der Waals surface area (Å²) in [4.78, 5) is 35.5. The number of aromatic nitrogens is 2. The maximum absolute atomic E-state index is 12.2. The van der Waals surface area contributed by atoms with Crippen LogP contribution >= 0.6 is 0 Å². The molecule has 6 heteroatoms. The van der Waals surface area contributed by atoms with Crippen LogP contribution in [0.4, 0.5) is 0 Å². The molecule has 0 amide bonds. The Kier molecular flexibility index (Phi) is 2.93. The molecule has 0 bridgehead atoms. The summed E-state index contributed by atoms with van der Waals surface area (Å²) < 4.78 is 5.48. The first-order valence-electron chi connectivity index (χ1n) is 6.43. The molecule has 0 unspecified atom stereocenters. The smallest absolute Gasteiger partial charge is 0.327 e. The number of methoxy groups -OCH3 is 1. The van der Waals surface area contributed by atoms with Crippen molar-refractivity contribution in [2.45, 2.75) is 25.3 Å². The molecule has 0 saturated heterocycles. The van der Waals surface area contributed by atoms with E-state index in [1.54, 1.807) is 12.1 Å². The Morgan fingerprint density at radius 1 is 1.35 bits per heavy atom. The molecule has 3 rings (SSSR count). The van der Waals surface area contributed by atoms with Gasteiger partial charge in [0, 0.05) is 0 Å². The number of rotatable bonds is 3. The van der Waals surface area contributed by atoms with Gasteiger partial charge in [-0.3, -0.25) is 19.5 Å². The predicted molar refractivity (Wildman–Crippen MR) is 72.8 cm³/mol. The van der Waals surface area contributed by atoms with Gasteiger partial charge in [-0.2, -0.15) is 0 Å². The molecule has 1 aliphatic rings. The van der Waals surface area contributed by atoms with E-state index in [-0.39, 0.29) is 12.1 Å². The van der Waals surface area contributed by atoms with Crippen molar-refractivity contribution < 1.29 is 9.53 Å². The van der Waals surface area contributed by atoms with Gasteiger partial charge in [-0.25, -0.2) is 4.68 Å². The molecular weight excluding hydrogens is 260 g/mol. The monoisotopic (exact) mass is 274 g/mol. The zero-order chi connectivity index (χ0) is 14.3. The maximum Gasteiger partial charge on any atom is 0.327 e. The molecule has 0 atom stereocenters. The number of benzene rings is 1. The number of fused-ring (bicyclic) bond motifs is 1. The molecule has 20 heavy (non-hydrogen) atoms. The van der Waals surface area contributed by atoms with Crippen molar-refractivity contribution >= 4 is 16.7 Å². The fourth-order valence-corrected chi connectivity index (χ4v) is 2.29. The van der Waals surface area contributed by atoms with E-state index in [2.05, 4.69) is 9.84 Å². The third-order valence-electron chi connectivity index (χ3n) is 3.56. The van der Waals surface area contributed by atoms with E-state index in [0.717, 1.165) is 23.1 Å². The molecule has 1 N–H and O–H groups in total. The average Bonchev–Trinajstić information content (AvgIpc) is 3.28. The lowest BCUT2D eigenvalue weighted by Gasteiger charge is -2.06. The highest BCUT2D eigenvalue weighted by molar-refractivity contribution is 5.81. The van der Waals surface area contributed by atoms with Crippen LogP contribution < -0.4 is 11.1 Å². The van der Waals surface area contributed by atoms with Crippen LogP contribution in [0.1, 0.15) is 24.3 Å². The topological polar surface area (TPSA) is 81.2 Å². The van der Waals surface area contributed by atoms with Gasteiger partial charge in [0.1, 0.15) is 6.54 Å². The molecular formula is C14H14N2O4. The fraction of sp³-hybridized carbons (Fsp3) is 0.357. The second kappa shape index (κ2) is 4.63. The van der Waals surface area contributed by atoms with Crippen LogP contribution in [-0.4, -0.2) is 22.9 Å². The van der Waals surface area contributed by atoms with Crippen molar-refractivity contribution in [2.24, 2.45) is 0 Å². The van der Waals surface area contributed by atoms with E-state index < -0.39 is 11.5 Å². The third kappa shape index (κ3) is 2.13. The Morgan fingerprint density at radius 2 is 2.10 bits per heavy atom. The van der Waals surface area contributed by atoms with Crippen LogP contribution in [0, 0.1) is 0 Å². The molecule has 1 heterocycles. The van der Waals surface area contributed by atoms with Gasteiger partial charge in [-0.1, -0.05) is 6.07 Å². The largest absolute Gasteiger partial charge is 0.468 e. The van der Waals surface area contributed by atoms with Crippen molar-refractivity contribution in [1.82, 2.24) is 9.78 Å². The second-order valence-corrected chi connectivity index (χ2v) is 4.99. The van der Waals surface area contributed by atoms with Gasteiger partial charge in [-0.15, -0.1) is 0 Å². The van der Waals surface area contributed by atoms with Gasteiger partial charge in [0.15, 0.2) is 0 Å². The quantitative estimate of drug-likeness (QED) is 0.837. The summed E-state index contributed by atoms with van der Waals surface area (Å²) in [6.07, 6.45) is 2.26. The molecule has 104 valence electrons. The Hall–Kier alpha value is -2.37. The highest BCUT2D eigenvalue weighted by Crippen LogP contribution is 2.40. The summed E-state index contributed by atoms with van der Waals surface area (Å²) in [5.74, 6) is -0.0759. The Morgan fingerprint density at radius 3 is 2.75 bits per heavy atom. The van der Waals surface area contributed by atoms with Crippen LogP contribution in [0.3, 0.4) is 0 Å². The Labute approximate surface area is 114 Å². The standard InChI is InChI=1S/C14H14N2O4/c1-20-12(17)7-16-14(19)10-5-4-9(8-2-3-8)6-11(10)13(18)15-16/h4-6,8H,2-3,7H2,1H3,(H,15,18). The number of ether oxygens (including phenoxy) is 1. The van der Waals surface area contributed by atoms with Crippen LogP contribution in [0.5, 0.6) is 0 Å². The molecule has 1 fully saturated rings. The number of hydrogen-bond donors (Lipinski definition) is 1. The predicted octanol–water partition coefficient (Wildman–Crippen LogP) is 0.740. The van der Waals surface area contributed by atoms with E-state index in [1.807, 2.05) is 6.07 Å². The first kappa shape index (κ1) is 12.7. The number of nitrogens with zero attached hydrogens (tertiary/aromatic N) is 1. The summed E-state index contributed by atoms with van der Waals surface area (Å²) in [6.45, 7) is -0.301. The van der Waals surface area contributed by atoms with Crippen LogP contribution in [0.15, 0.2) is 27.8 Å². The summed E-state index contributed by atoms with van der Waals surface area (Å²) in [6, 6.07) is 5.31. The van der Waals surface area contributed by atoms with Gasteiger partial charge in [0.05, 0.1) is 17.9 Å². The first-order valence-corrected chi connectivity index (χ1v) is 6.43. The lowest BCUT2D eigenvalue weighted by atomic mass is 10.1. The van der Waals surface area contributed by atoms with Crippen molar-refractivity contribution in [3.05, 3.63) is 44.5 Å². The van der Waals surface area contributed by atoms with Gasteiger partial charge in [0.25, 0.3) is 11.1 Å². The average molecular weight is 274 g/mol. The number of aromatic amines is 1. The molecule has 1 aromatic carbocycles. The van der Waals surface area contributed by atoms with Gasteiger partial charge >= 0.3 is 5.97 Å².